The standard InChI is InChI=1S/C13H8BrF2N3/c14-13-17-12-10(2-1-7-19(12)18-13)8-3-5-9(6-4-8)11(15)16/h1-7,11H. The van der Waals surface area contributed by atoms with E-state index in [-0.39, 0.29) is 5.56 Å². The molecule has 0 aliphatic carbocycles. The summed E-state index contributed by atoms with van der Waals surface area (Å²) in [6, 6.07) is 9.90. The second kappa shape index (κ2) is 4.70. The Morgan fingerprint density at radius 2 is 1.84 bits per heavy atom. The van der Waals surface area contributed by atoms with Gasteiger partial charge in [0.25, 0.3) is 6.43 Å². The van der Waals surface area contributed by atoms with Gasteiger partial charge in [0.05, 0.1) is 0 Å². The van der Waals surface area contributed by atoms with Crippen LogP contribution in [0.5, 0.6) is 0 Å². The first kappa shape index (κ1) is 12.2. The lowest BCUT2D eigenvalue weighted by molar-refractivity contribution is 0.151. The van der Waals surface area contributed by atoms with Crippen LogP contribution in [0.1, 0.15) is 12.0 Å². The van der Waals surface area contributed by atoms with Gasteiger partial charge in [0, 0.05) is 17.3 Å². The molecule has 3 aromatic rings. The maximum absolute atomic E-state index is 12.5. The largest absolute Gasteiger partial charge is 0.263 e. The van der Waals surface area contributed by atoms with E-state index < -0.39 is 6.43 Å². The van der Waals surface area contributed by atoms with Crippen molar-refractivity contribution in [3.63, 3.8) is 0 Å². The molecule has 0 unspecified atom stereocenters. The van der Waals surface area contributed by atoms with Gasteiger partial charge in [0.15, 0.2) is 5.65 Å². The van der Waals surface area contributed by atoms with E-state index >= 15 is 0 Å². The predicted octanol–water partition coefficient (Wildman–Crippen LogP) is 4.10. The Labute approximate surface area is 116 Å². The second-order valence-corrected chi connectivity index (χ2v) is 4.70. The van der Waals surface area contributed by atoms with Crippen LogP contribution in [0, 0.1) is 0 Å². The van der Waals surface area contributed by atoms with E-state index in [0.29, 0.717) is 10.4 Å². The van der Waals surface area contributed by atoms with Crippen molar-refractivity contribution in [3.8, 4) is 11.1 Å². The molecule has 0 N–H and O–H groups in total. The first-order chi connectivity index (χ1) is 9.15. The molecule has 2 heterocycles. The maximum Gasteiger partial charge on any atom is 0.263 e. The fourth-order valence-electron chi connectivity index (χ4n) is 1.91. The number of benzene rings is 1. The van der Waals surface area contributed by atoms with Gasteiger partial charge in [-0.3, -0.25) is 0 Å². The quantitative estimate of drug-likeness (QED) is 0.710. The molecule has 0 saturated carbocycles. The average Bonchev–Trinajstić information content (AvgIpc) is 2.78. The van der Waals surface area contributed by atoms with Crippen LogP contribution in [0.15, 0.2) is 47.3 Å². The Morgan fingerprint density at radius 1 is 1.11 bits per heavy atom. The van der Waals surface area contributed by atoms with Gasteiger partial charge in [-0.1, -0.05) is 24.3 Å². The van der Waals surface area contributed by atoms with Crippen LogP contribution in [-0.4, -0.2) is 14.6 Å². The highest BCUT2D eigenvalue weighted by Crippen LogP contribution is 2.27. The minimum Gasteiger partial charge on any atom is -0.219 e. The monoisotopic (exact) mass is 323 g/mol. The lowest BCUT2D eigenvalue weighted by Crippen LogP contribution is -1.90. The normalized spacial score (nSPS) is 11.4. The Hall–Kier alpha value is -1.82. The van der Waals surface area contributed by atoms with Crippen molar-refractivity contribution >= 4 is 21.6 Å². The summed E-state index contributed by atoms with van der Waals surface area (Å²) in [4.78, 5) is 4.27. The summed E-state index contributed by atoms with van der Waals surface area (Å²) in [5, 5.41) is 4.15. The van der Waals surface area contributed by atoms with Gasteiger partial charge in [0.2, 0.25) is 4.73 Å². The molecule has 0 fully saturated rings. The molecule has 6 heteroatoms. The average molecular weight is 324 g/mol. The van der Waals surface area contributed by atoms with Crippen LogP contribution < -0.4 is 0 Å². The van der Waals surface area contributed by atoms with Crippen LogP contribution in [0.3, 0.4) is 0 Å². The van der Waals surface area contributed by atoms with E-state index in [4.69, 9.17) is 0 Å². The fourth-order valence-corrected chi connectivity index (χ4v) is 2.25. The Kier molecular flexibility index (Phi) is 3.02. The predicted molar refractivity (Wildman–Crippen MR) is 71.1 cm³/mol. The lowest BCUT2D eigenvalue weighted by atomic mass is 10.1. The number of alkyl halides is 2. The molecule has 19 heavy (non-hydrogen) atoms. The van der Waals surface area contributed by atoms with Gasteiger partial charge in [-0.15, -0.1) is 5.10 Å². The third kappa shape index (κ3) is 2.23. The summed E-state index contributed by atoms with van der Waals surface area (Å²) in [5.74, 6) is 0. The topological polar surface area (TPSA) is 30.2 Å². The highest BCUT2D eigenvalue weighted by molar-refractivity contribution is 9.10. The van der Waals surface area contributed by atoms with E-state index in [2.05, 4.69) is 26.0 Å². The van der Waals surface area contributed by atoms with Crippen LogP contribution in [-0.2, 0) is 0 Å². The van der Waals surface area contributed by atoms with E-state index in [1.807, 2.05) is 12.1 Å². The molecule has 0 aliphatic heterocycles. The Morgan fingerprint density at radius 3 is 2.53 bits per heavy atom. The molecule has 0 amide bonds. The summed E-state index contributed by atoms with van der Waals surface area (Å²) in [6.45, 7) is 0. The lowest BCUT2D eigenvalue weighted by Gasteiger charge is -2.04. The van der Waals surface area contributed by atoms with E-state index in [1.54, 1.807) is 22.8 Å². The number of nitrogens with zero attached hydrogens (tertiary/aromatic N) is 3. The maximum atomic E-state index is 12.5. The highest BCUT2D eigenvalue weighted by atomic mass is 79.9. The van der Waals surface area contributed by atoms with Gasteiger partial charge in [-0.2, -0.15) is 0 Å². The van der Waals surface area contributed by atoms with E-state index in [1.165, 1.54) is 12.1 Å². The number of pyridine rings is 1. The number of halogens is 3. The molecule has 3 rings (SSSR count). The number of hydrogen-bond donors (Lipinski definition) is 0. The van der Waals surface area contributed by atoms with Crippen LogP contribution in [0.2, 0.25) is 0 Å². The zero-order valence-corrected chi connectivity index (χ0v) is 11.2. The minimum absolute atomic E-state index is 0.0124. The van der Waals surface area contributed by atoms with Gasteiger partial charge >= 0.3 is 0 Å². The number of hydrogen-bond acceptors (Lipinski definition) is 2. The van der Waals surface area contributed by atoms with Gasteiger partial charge in [-0.25, -0.2) is 18.3 Å². The number of rotatable bonds is 2. The van der Waals surface area contributed by atoms with Crippen molar-refractivity contribution in [3.05, 3.63) is 52.9 Å². The molecule has 0 aliphatic rings. The Balaban J connectivity index is 2.13. The summed E-state index contributed by atoms with van der Waals surface area (Å²) >= 11 is 3.22. The van der Waals surface area contributed by atoms with Crippen LogP contribution >= 0.6 is 15.9 Å². The zero-order valence-electron chi connectivity index (χ0n) is 9.59. The first-order valence-corrected chi connectivity index (χ1v) is 6.34. The minimum atomic E-state index is -2.45. The summed E-state index contributed by atoms with van der Waals surface area (Å²) < 4.78 is 27.2. The van der Waals surface area contributed by atoms with Crippen molar-refractivity contribution in [2.45, 2.75) is 6.43 Å². The van der Waals surface area contributed by atoms with E-state index in [0.717, 1.165) is 11.1 Å². The Bertz CT molecular complexity index is 722. The summed E-state index contributed by atoms with van der Waals surface area (Å²) in [7, 11) is 0. The fraction of sp³-hybridized carbons (Fsp3) is 0.0769. The molecule has 0 saturated heterocycles. The van der Waals surface area contributed by atoms with Crippen molar-refractivity contribution in [1.82, 2.24) is 14.6 Å². The van der Waals surface area contributed by atoms with Crippen molar-refractivity contribution in [2.24, 2.45) is 0 Å². The molecule has 0 atom stereocenters. The molecule has 1 aromatic carbocycles. The molecule has 2 aromatic heterocycles. The van der Waals surface area contributed by atoms with Crippen LogP contribution in [0.25, 0.3) is 16.8 Å². The molecule has 0 spiro atoms. The molecule has 3 nitrogen and oxygen atoms in total. The number of aromatic nitrogens is 3. The highest BCUT2D eigenvalue weighted by Gasteiger charge is 2.10. The van der Waals surface area contributed by atoms with Crippen molar-refractivity contribution < 1.29 is 8.78 Å². The third-order valence-corrected chi connectivity index (χ3v) is 3.15. The number of fused-ring (bicyclic) bond motifs is 1. The molecule has 0 radical (unpaired) electrons. The molecular formula is C13H8BrF2N3. The first-order valence-electron chi connectivity index (χ1n) is 5.54. The third-order valence-electron chi connectivity index (χ3n) is 2.81. The van der Waals surface area contributed by atoms with Crippen molar-refractivity contribution in [2.75, 3.05) is 0 Å². The van der Waals surface area contributed by atoms with Crippen LogP contribution in [0.4, 0.5) is 8.78 Å². The summed E-state index contributed by atoms with van der Waals surface area (Å²) in [5.41, 5.74) is 2.37. The van der Waals surface area contributed by atoms with Gasteiger partial charge in [0.1, 0.15) is 0 Å². The second-order valence-electron chi connectivity index (χ2n) is 3.99. The molecule has 96 valence electrons. The summed E-state index contributed by atoms with van der Waals surface area (Å²) in [6.07, 6.45) is -0.670. The SMILES string of the molecule is FC(F)c1ccc(-c2cccn3nc(Br)nc23)cc1. The van der Waals surface area contributed by atoms with Crippen molar-refractivity contribution in [1.29, 1.82) is 0 Å². The zero-order chi connectivity index (χ0) is 13.4. The van der Waals surface area contributed by atoms with Gasteiger partial charge < -0.3 is 0 Å². The smallest absolute Gasteiger partial charge is 0.219 e. The molecule has 0 bridgehead atoms. The molecular weight excluding hydrogens is 316 g/mol. The van der Waals surface area contributed by atoms with Gasteiger partial charge in [-0.05, 0) is 33.6 Å². The van der Waals surface area contributed by atoms with E-state index in [9.17, 15) is 8.78 Å².